The molecule has 1 atom stereocenters. The van der Waals surface area contributed by atoms with Crippen molar-refractivity contribution in [3.8, 4) is 0 Å². The third kappa shape index (κ3) is 3.46. The fourth-order valence-corrected chi connectivity index (χ4v) is 4.04. The van der Waals surface area contributed by atoms with Crippen LogP contribution in [0.25, 0.3) is 0 Å². The molecule has 0 aromatic carbocycles. The summed E-state index contributed by atoms with van der Waals surface area (Å²) in [6, 6.07) is 0. The molecule has 2 saturated heterocycles. The zero-order chi connectivity index (χ0) is 13.9. The molecule has 0 N–H and O–H groups in total. The molecule has 2 heterocycles. The highest BCUT2D eigenvalue weighted by Gasteiger charge is 2.32. The van der Waals surface area contributed by atoms with E-state index < -0.39 is 10.0 Å². The van der Waals surface area contributed by atoms with Crippen molar-refractivity contribution in [3.63, 3.8) is 0 Å². The number of carbonyl (C=O) groups is 1. The fourth-order valence-electron chi connectivity index (χ4n) is 2.55. The van der Waals surface area contributed by atoms with Gasteiger partial charge in [0, 0.05) is 32.8 Å². The van der Waals surface area contributed by atoms with Gasteiger partial charge >= 0.3 is 0 Å². The topological polar surface area (TPSA) is 66.9 Å². The molecule has 1 amide bonds. The summed E-state index contributed by atoms with van der Waals surface area (Å²) < 4.78 is 30.7. The van der Waals surface area contributed by atoms with Gasteiger partial charge in [0.2, 0.25) is 10.0 Å². The number of nitrogens with zero attached hydrogens (tertiary/aromatic N) is 2. The molecular weight excluding hydrogens is 268 g/mol. The summed E-state index contributed by atoms with van der Waals surface area (Å²) in [5, 5.41) is 0. The number of sulfonamides is 1. The molecule has 6 nitrogen and oxygen atoms in total. The van der Waals surface area contributed by atoms with Crippen LogP contribution in [0.15, 0.2) is 0 Å². The maximum Gasteiger partial charge on any atom is 0.251 e. The molecule has 7 heteroatoms. The van der Waals surface area contributed by atoms with Crippen molar-refractivity contribution in [3.05, 3.63) is 0 Å². The van der Waals surface area contributed by atoms with Crippen LogP contribution in [0.4, 0.5) is 0 Å². The third-order valence-electron chi connectivity index (χ3n) is 3.61. The van der Waals surface area contributed by atoms with E-state index >= 15 is 0 Å². The van der Waals surface area contributed by atoms with Gasteiger partial charge in [0.15, 0.2) is 0 Å². The van der Waals surface area contributed by atoms with E-state index in [1.165, 1.54) is 4.31 Å². The summed E-state index contributed by atoms with van der Waals surface area (Å²) >= 11 is 0. The molecule has 2 rings (SSSR count). The van der Waals surface area contributed by atoms with Crippen LogP contribution in [0.5, 0.6) is 0 Å². The molecule has 1 unspecified atom stereocenters. The van der Waals surface area contributed by atoms with Gasteiger partial charge in [-0.1, -0.05) is 6.92 Å². The normalized spacial score (nSPS) is 25.7. The Balaban J connectivity index is 1.87. The van der Waals surface area contributed by atoms with Crippen LogP contribution >= 0.6 is 0 Å². The number of hydrogen-bond acceptors (Lipinski definition) is 4. The average molecular weight is 290 g/mol. The first kappa shape index (κ1) is 14.7. The van der Waals surface area contributed by atoms with Gasteiger partial charge in [0.25, 0.3) is 5.91 Å². The van der Waals surface area contributed by atoms with Crippen LogP contribution in [0.2, 0.25) is 0 Å². The summed E-state index contributed by atoms with van der Waals surface area (Å²) in [6.45, 7) is 4.26. The predicted octanol–water partition coefficient (Wildman–Crippen LogP) is 0.0494. The third-order valence-corrected chi connectivity index (χ3v) is 5.69. The highest BCUT2D eigenvalue weighted by molar-refractivity contribution is 7.89. The van der Waals surface area contributed by atoms with Crippen molar-refractivity contribution < 1.29 is 17.9 Å². The van der Waals surface area contributed by atoms with E-state index in [4.69, 9.17) is 4.74 Å². The number of carbonyl (C=O) groups excluding carboxylic acids is 1. The van der Waals surface area contributed by atoms with Crippen molar-refractivity contribution in [2.45, 2.75) is 32.3 Å². The smallest absolute Gasteiger partial charge is 0.251 e. The summed E-state index contributed by atoms with van der Waals surface area (Å²) in [4.78, 5) is 13.8. The van der Waals surface area contributed by atoms with E-state index in [1.54, 1.807) is 4.90 Å². The lowest BCUT2D eigenvalue weighted by atomic mass is 10.2. The standard InChI is InChI=1S/C12H22N2O4S/c1-2-10-19(16,17)14-7-5-13(6-8-14)12(15)11-4-3-9-18-11/h11H,2-10H2,1H3. The van der Waals surface area contributed by atoms with Crippen molar-refractivity contribution in [2.75, 3.05) is 38.5 Å². The van der Waals surface area contributed by atoms with E-state index in [0.717, 1.165) is 12.8 Å². The van der Waals surface area contributed by atoms with Gasteiger partial charge in [-0.15, -0.1) is 0 Å². The van der Waals surface area contributed by atoms with Crippen LogP contribution in [0, 0.1) is 0 Å². The van der Waals surface area contributed by atoms with Gasteiger partial charge in [0.05, 0.1) is 5.75 Å². The Kier molecular flexibility index (Phi) is 4.81. The maximum absolute atomic E-state index is 12.1. The molecule has 19 heavy (non-hydrogen) atoms. The minimum atomic E-state index is -3.14. The van der Waals surface area contributed by atoms with Gasteiger partial charge in [0.1, 0.15) is 6.10 Å². The molecular formula is C12H22N2O4S. The predicted molar refractivity (Wildman–Crippen MR) is 71.2 cm³/mol. The van der Waals surface area contributed by atoms with Crippen LogP contribution in [0.3, 0.4) is 0 Å². The average Bonchev–Trinajstić information content (AvgIpc) is 2.92. The molecule has 110 valence electrons. The Morgan fingerprint density at radius 2 is 1.95 bits per heavy atom. The first-order valence-electron chi connectivity index (χ1n) is 6.93. The Labute approximate surface area is 114 Å². The molecule has 0 aliphatic carbocycles. The lowest BCUT2D eigenvalue weighted by Gasteiger charge is -2.35. The molecule has 2 aliphatic heterocycles. The van der Waals surface area contributed by atoms with Crippen molar-refractivity contribution >= 4 is 15.9 Å². The summed E-state index contributed by atoms with van der Waals surface area (Å²) in [6.07, 6.45) is 2.03. The number of rotatable bonds is 4. The maximum atomic E-state index is 12.1. The highest BCUT2D eigenvalue weighted by Crippen LogP contribution is 2.17. The van der Waals surface area contributed by atoms with E-state index in [1.807, 2.05) is 6.92 Å². The Bertz CT molecular complexity index is 409. The van der Waals surface area contributed by atoms with Crippen molar-refractivity contribution in [2.24, 2.45) is 0 Å². The number of hydrogen-bond donors (Lipinski definition) is 0. The quantitative estimate of drug-likeness (QED) is 0.734. The second-order valence-corrected chi connectivity index (χ2v) is 7.13. The number of amides is 1. The van der Waals surface area contributed by atoms with Crippen LogP contribution in [-0.2, 0) is 19.6 Å². The van der Waals surface area contributed by atoms with E-state index in [-0.39, 0.29) is 17.8 Å². The van der Waals surface area contributed by atoms with Gasteiger partial charge in [-0.2, -0.15) is 4.31 Å². The number of piperazine rings is 1. The Morgan fingerprint density at radius 3 is 2.47 bits per heavy atom. The van der Waals surface area contributed by atoms with Gasteiger partial charge in [-0.25, -0.2) is 8.42 Å². The number of ether oxygens (including phenoxy) is 1. The molecule has 0 aromatic rings. The Morgan fingerprint density at radius 1 is 1.26 bits per heavy atom. The zero-order valence-corrected chi connectivity index (χ0v) is 12.2. The minimum absolute atomic E-state index is 0.0186. The summed E-state index contributed by atoms with van der Waals surface area (Å²) in [7, 11) is -3.14. The second-order valence-electron chi connectivity index (χ2n) is 5.04. The first-order chi connectivity index (χ1) is 9.04. The molecule has 0 spiro atoms. The monoisotopic (exact) mass is 290 g/mol. The fraction of sp³-hybridized carbons (Fsp3) is 0.917. The van der Waals surface area contributed by atoms with Gasteiger partial charge in [-0.05, 0) is 19.3 Å². The van der Waals surface area contributed by atoms with Crippen molar-refractivity contribution in [1.82, 2.24) is 9.21 Å². The molecule has 0 saturated carbocycles. The molecule has 0 aromatic heterocycles. The van der Waals surface area contributed by atoms with Crippen LogP contribution < -0.4 is 0 Å². The Hall–Kier alpha value is -0.660. The summed E-state index contributed by atoms with van der Waals surface area (Å²) in [5.41, 5.74) is 0. The lowest BCUT2D eigenvalue weighted by molar-refractivity contribution is -0.142. The molecule has 0 bridgehead atoms. The van der Waals surface area contributed by atoms with Gasteiger partial charge < -0.3 is 9.64 Å². The van der Waals surface area contributed by atoms with E-state index in [0.29, 0.717) is 39.2 Å². The molecule has 0 radical (unpaired) electrons. The molecule has 2 fully saturated rings. The zero-order valence-electron chi connectivity index (χ0n) is 11.4. The lowest BCUT2D eigenvalue weighted by Crippen LogP contribution is -2.53. The van der Waals surface area contributed by atoms with Crippen molar-refractivity contribution in [1.29, 1.82) is 0 Å². The SMILES string of the molecule is CCCS(=O)(=O)N1CCN(C(=O)C2CCCO2)CC1. The second kappa shape index (κ2) is 6.19. The molecule has 2 aliphatic rings. The van der Waals surface area contributed by atoms with Gasteiger partial charge in [-0.3, -0.25) is 4.79 Å². The van der Waals surface area contributed by atoms with E-state index in [9.17, 15) is 13.2 Å². The minimum Gasteiger partial charge on any atom is -0.368 e. The summed E-state index contributed by atoms with van der Waals surface area (Å²) in [5.74, 6) is 0.206. The highest BCUT2D eigenvalue weighted by atomic mass is 32.2. The van der Waals surface area contributed by atoms with Crippen LogP contribution in [-0.4, -0.2) is 68.2 Å². The van der Waals surface area contributed by atoms with E-state index in [2.05, 4.69) is 0 Å². The first-order valence-corrected chi connectivity index (χ1v) is 8.53. The van der Waals surface area contributed by atoms with Crippen LogP contribution in [0.1, 0.15) is 26.2 Å². The largest absolute Gasteiger partial charge is 0.368 e.